The van der Waals surface area contributed by atoms with Gasteiger partial charge in [0.2, 0.25) is 5.89 Å². The van der Waals surface area contributed by atoms with Crippen LogP contribution in [0.15, 0.2) is 22.7 Å². The largest absolute Gasteiger partial charge is 0.493 e. The van der Waals surface area contributed by atoms with Crippen LogP contribution in [0.25, 0.3) is 0 Å². The highest BCUT2D eigenvalue weighted by atomic mass is 16.5. The van der Waals surface area contributed by atoms with E-state index in [0.29, 0.717) is 29.7 Å². The summed E-state index contributed by atoms with van der Waals surface area (Å²) < 4.78 is 21.3. The summed E-state index contributed by atoms with van der Waals surface area (Å²) >= 11 is 0. The minimum absolute atomic E-state index is 0.320. The molecule has 0 aliphatic carbocycles. The van der Waals surface area contributed by atoms with E-state index in [0.717, 1.165) is 37.5 Å². The molecule has 2 heterocycles. The minimum atomic E-state index is 0.320. The molecule has 1 aromatic carbocycles. The molecule has 0 saturated carbocycles. The Labute approximate surface area is 129 Å². The third kappa shape index (κ3) is 3.22. The van der Waals surface area contributed by atoms with Crippen molar-refractivity contribution >= 4 is 0 Å². The van der Waals surface area contributed by atoms with E-state index in [-0.39, 0.29) is 0 Å². The molecule has 3 rings (SSSR count). The van der Waals surface area contributed by atoms with Gasteiger partial charge < -0.3 is 18.7 Å². The van der Waals surface area contributed by atoms with Crippen LogP contribution in [0.2, 0.25) is 0 Å². The Kier molecular flexibility index (Phi) is 4.58. The van der Waals surface area contributed by atoms with E-state index in [4.69, 9.17) is 18.7 Å². The van der Waals surface area contributed by atoms with E-state index < -0.39 is 0 Å². The molecular formula is C16H20N2O4. The van der Waals surface area contributed by atoms with Crippen molar-refractivity contribution in [1.29, 1.82) is 0 Å². The van der Waals surface area contributed by atoms with Crippen molar-refractivity contribution in [3.63, 3.8) is 0 Å². The molecule has 0 bridgehead atoms. The average Bonchev–Trinajstić information content (AvgIpc) is 3.04. The highest BCUT2D eigenvalue weighted by Gasteiger charge is 2.22. The van der Waals surface area contributed by atoms with Gasteiger partial charge in [-0.2, -0.15) is 4.98 Å². The summed E-state index contributed by atoms with van der Waals surface area (Å²) in [4.78, 5) is 4.52. The van der Waals surface area contributed by atoms with Crippen LogP contribution in [0.1, 0.15) is 36.0 Å². The Morgan fingerprint density at radius 1 is 1.14 bits per heavy atom. The maximum Gasteiger partial charge on any atom is 0.229 e. The van der Waals surface area contributed by atoms with Gasteiger partial charge in [-0.3, -0.25) is 0 Å². The lowest BCUT2D eigenvalue weighted by molar-refractivity contribution is 0.0778. The topological polar surface area (TPSA) is 66.6 Å². The summed E-state index contributed by atoms with van der Waals surface area (Å²) in [5, 5.41) is 4.09. The van der Waals surface area contributed by atoms with Gasteiger partial charge in [0, 0.05) is 25.6 Å². The lowest BCUT2D eigenvalue weighted by Gasteiger charge is -2.17. The molecule has 1 saturated heterocycles. The Bertz CT molecular complexity index is 620. The van der Waals surface area contributed by atoms with Gasteiger partial charge in [0.15, 0.2) is 17.3 Å². The Morgan fingerprint density at radius 3 is 2.64 bits per heavy atom. The lowest BCUT2D eigenvalue weighted by atomic mass is 10.0. The Balaban J connectivity index is 1.72. The summed E-state index contributed by atoms with van der Waals surface area (Å²) in [7, 11) is 3.25. The fourth-order valence-electron chi connectivity index (χ4n) is 2.62. The van der Waals surface area contributed by atoms with Crippen molar-refractivity contribution in [3.05, 3.63) is 35.5 Å². The monoisotopic (exact) mass is 304 g/mol. The van der Waals surface area contributed by atoms with Gasteiger partial charge in [-0.15, -0.1) is 0 Å². The zero-order valence-corrected chi connectivity index (χ0v) is 12.9. The summed E-state index contributed by atoms with van der Waals surface area (Å²) in [6, 6.07) is 5.79. The molecule has 0 unspecified atom stereocenters. The summed E-state index contributed by atoms with van der Waals surface area (Å²) in [6.45, 7) is 1.52. The van der Waals surface area contributed by atoms with Crippen LogP contribution in [0.4, 0.5) is 0 Å². The first-order valence-electron chi connectivity index (χ1n) is 7.41. The van der Waals surface area contributed by atoms with Gasteiger partial charge in [0.05, 0.1) is 14.2 Å². The molecule has 0 amide bonds. The van der Waals surface area contributed by atoms with Crippen LogP contribution in [-0.4, -0.2) is 37.6 Å². The number of rotatable bonds is 5. The Hall–Kier alpha value is -2.08. The van der Waals surface area contributed by atoms with Crippen LogP contribution in [-0.2, 0) is 11.2 Å². The molecule has 0 N–H and O–H groups in total. The number of ether oxygens (including phenoxy) is 3. The molecule has 6 nitrogen and oxygen atoms in total. The molecule has 22 heavy (non-hydrogen) atoms. The highest BCUT2D eigenvalue weighted by molar-refractivity contribution is 5.43. The third-order valence-electron chi connectivity index (χ3n) is 3.86. The van der Waals surface area contributed by atoms with Crippen LogP contribution in [0, 0.1) is 0 Å². The first-order valence-corrected chi connectivity index (χ1v) is 7.41. The van der Waals surface area contributed by atoms with Gasteiger partial charge in [-0.25, -0.2) is 0 Å². The van der Waals surface area contributed by atoms with E-state index in [2.05, 4.69) is 10.1 Å². The van der Waals surface area contributed by atoms with Crippen molar-refractivity contribution in [2.45, 2.75) is 25.2 Å². The number of hydrogen-bond donors (Lipinski definition) is 0. The maximum absolute atomic E-state index is 5.41. The number of benzene rings is 1. The Morgan fingerprint density at radius 2 is 1.91 bits per heavy atom. The van der Waals surface area contributed by atoms with E-state index in [1.165, 1.54) is 0 Å². The van der Waals surface area contributed by atoms with Crippen molar-refractivity contribution in [2.24, 2.45) is 0 Å². The second-order valence-electron chi connectivity index (χ2n) is 5.30. The second kappa shape index (κ2) is 6.79. The van der Waals surface area contributed by atoms with E-state index in [1.54, 1.807) is 14.2 Å². The standard InChI is InChI=1S/C16H20N2O4/c1-19-13-4-3-11(9-14(13)20-2)10-15-17-16(22-18-15)12-5-7-21-8-6-12/h3-4,9,12H,5-8,10H2,1-2H3. The molecule has 1 aliphatic heterocycles. The number of methoxy groups -OCH3 is 2. The van der Waals surface area contributed by atoms with Gasteiger partial charge in [0.25, 0.3) is 0 Å². The molecule has 0 spiro atoms. The van der Waals surface area contributed by atoms with Gasteiger partial charge in [0.1, 0.15) is 0 Å². The summed E-state index contributed by atoms with van der Waals surface area (Å²) in [6.07, 6.45) is 2.49. The zero-order chi connectivity index (χ0) is 15.4. The molecule has 0 radical (unpaired) electrons. The smallest absolute Gasteiger partial charge is 0.229 e. The average molecular weight is 304 g/mol. The van der Waals surface area contributed by atoms with Crippen LogP contribution >= 0.6 is 0 Å². The predicted octanol–water partition coefficient (Wildman–Crippen LogP) is 2.57. The van der Waals surface area contributed by atoms with Crippen molar-refractivity contribution in [1.82, 2.24) is 10.1 Å². The van der Waals surface area contributed by atoms with Gasteiger partial charge in [-0.1, -0.05) is 11.2 Å². The molecule has 1 aromatic heterocycles. The normalized spacial score (nSPS) is 15.7. The van der Waals surface area contributed by atoms with Crippen molar-refractivity contribution in [3.8, 4) is 11.5 Å². The predicted molar refractivity (Wildman–Crippen MR) is 79.4 cm³/mol. The molecule has 118 valence electrons. The van der Waals surface area contributed by atoms with E-state index in [9.17, 15) is 0 Å². The van der Waals surface area contributed by atoms with Crippen LogP contribution in [0.3, 0.4) is 0 Å². The molecule has 1 fully saturated rings. The number of hydrogen-bond acceptors (Lipinski definition) is 6. The quantitative estimate of drug-likeness (QED) is 0.846. The van der Waals surface area contributed by atoms with Gasteiger partial charge in [-0.05, 0) is 30.5 Å². The molecule has 2 aromatic rings. The fraction of sp³-hybridized carbons (Fsp3) is 0.500. The minimum Gasteiger partial charge on any atom is -0.493 e. The fourth-order valence-corrected chi connectivity index (χ4v) is 2.62. The number of aromatic nitrogens is 2. The van der Waals surface area contributed by atoms with E-state index in [1.807, 2.05) is 18.2 Å². The van der Waals surface area contributed by atoms with E-state index >= 15 is 0 Å². The summed E-state index contributed by atoms with van der Waals surface area (Å²) in [5.74, 6) is 3.14. The van der Waals surface area contributed by atoms with Crippen molar-refractivity contribution in [2.75, 3.05) is 27.4 Å². The van der Waals surface area contributed by atoms with Crippen molar-refractivity contribution < 1.29 is 18.7 Å². The first-order chi connectivity index (χ1) is 10.8. The molecular weight excluding hydrogens is 284 g/mol. The highest BCUT2D eigenvalue weighted by Crippen LogP contribution is 2.29. The second-order valence-corrected chi connectivity index (χ2v) is 5.30. The molecule has 0 atom stereocenters. The molecule has 1 aliphatic rings. The van der Waals surface area contributed by atoms with Crippen LogP contribution in [0.5, 0.6) is 11.5 Å². The maximum atomic E-state index is 5.41. The lowest BCUT2D eigenvalue weighted by Crippen LogP contribution is -2.14. The van der Waals surface area contributed by atoms with Crippen LogP contribution < -0.4 is 9.47 Å². The summed E-state index contributed by atoms with van der Waals surface area (Å²) in [5.41, 5.74) is 1.05. The molecule has 6 heteroatoms. The number of nitrogens with zero attached hydrogens (tertiary/aromatic N) is 2. The third-order valence-corrected chi connectivity index (χ3v) is 3.86. The zero-order valence-electron chi connectivity index (χ0n) is 12.9. The first kappa shape index (κ1) is 14.8. The SMILES string of the molecule is COc1ccc(Cc2noc(C3CCOCC3)n2)cc1OC. The van der Waals surface area contributed by atoms with Gasteiger partial charge >= 0.3 is 0 Å².